The molecule has 5 nitrogen and oxygen atoms in total. The largest absolute Gasteiger partial charge is 0.342 e. The van der Waals surface area contributed by atoms with Gasteiger partial charge in [-0.25, -0.2) is 0 Å². The van der Waals surface area contributed by atoms with E-state index in [2.05, 4.69) is 10.2 Å². The van der Waals surface area contributed by atoms with E-state index < -0.39 is 0 Å². The second-order valence-corrected chi connectivity index (χ2v) is 5.85. The average Bonchev–Trinajstić information content (AvgIpc) is 2.89. The molecule has 0 N–H and O–H groups in total. The van der Waals surface area contributed by atoms with Gasteiger partial charge in [0.15, 0.2) is 0 Å². The van der Waals surface area contributed by atoms with E-state index in [0.29, 0.717) is 17.6 Å². The van der Waals surface area contributed by atoms with Crippen LogP contribution in [-0.2, 0) is 11.3 Å². The fourth-order valence-corrected chi connectivity index (χ4v) is 2.83. The molecule has 0 radical (unpaired) electrons. The number of aromatic nitrogens is 2. The first kappa shape index (κ1) is 12.7. The SMILES string of the molecule is CN(CC(=O)N1CCCC1)Cc1nnc(Cl)s1. The molecule has 2 heterocycles. The molecule has 0 aliphatic carbocycles. The summed E-state index contributed by atoms with van der Waals surface area (Å²) in [6.07, 6.45) is 2.25. The van der Waals surface area contributed by atoms with Gasteiger partial charge in [-0.1, -0.05) is 11.3 Å². The van der Waals surface area contributed by atoms with Gasteiger partial charge in [-0.15, -0.1) is 10.2 Å². The Balaban J connectivity index is 1.80. The molecule has 1 aliphatic heterocycles. The van der Waals surface area contributed by atoms with Crippen LogP contribution in [0, 0.1) is 0 Å². The molecule has 0 aromatic carbocycles. The fourth-order valence-electron chi connectivity index (χ4n) is 1.88. The Bertz CT molecular complexity index is 391. The molecule has 1 amide bonds. The van der Waals surface area contributed by atoms with Crippen molar-refractivity contribution in [1.29, 1.82) is 0 Å². The van der Waals surface area contributed by atoms with Gasteiger partial charge in [-0.3, -0.25) is 9.69 Å². The highest BCUT2D eigenvalue weighted by Gasteiger charge is 2.19. The van der Waals surface area contributed by atoms with Crippen LogP contribution in [0.25, 0.3) is 0 Å². The fraction of sp³-hybridized carbons (Fsp3) is 0.700. The van der Waals surface area contributed by atoms with E-state index in [1.807, 2.05) is 16.8 Å². The van der Waals surface area contributed by atoms with Crippen LogP contribution in [0.5, 0.6) is 0 Å². The van der Waals surface area contributed by atoms with E-state index in [4.69, 9.17) is 11.6 Å². The lowest BCUT2D eigenvalue weighted by Crippen LogP contribution is -2.36. The molecule has 0 atom stereocenters. The monoisotopic (exact) mass is 274 g/mol. The number of nitrogens with zero attached hydrogens (tertiary/aromatic N) is 4. The number of hydrogen-bond acceptors (Lipinski definition) is 5. The Morgan fingerprint density at radius 2 is 2.18 bits per heavy atom. The molecular formula is C10H15ClN4OS. The lowest BCUT2D eigenvalue weighted by Gasteiger charge is -2.20. The minimum atomic E-state index is 0.195. The highest BCUT2D eigenvalue weighted by Crippen LogP contribution is 2.16. The number of amides is 1. The number of halogens is 1. The summed E-state index contributed by atoms with van der Waals surface area (Å²) >= 11 is 7.06. The first-order valence-electron chi connectivity index (χ1n) is 5.59. The molecule has 1 fully saturated rings. The molecule has 0 spiro atoms. The van der Waals surface area contributed by atoms with Crippen LogP contribution in [0.3, 0.4) is 0 Å². The molecule has 0 saturated carbocycles. The van der Waals surface area contributed by atoms with E-state index in [9.17, 15) is 4.79 Å². The number of carbonyl (C=O) groups is 1. The lowest BCUT2D eigenvalue weighted by molar-refractivity contribution is -0.131. The first-order chi connectivity index (χ1) is 8.15. The normalized spacial score (nSPS) is 15.8. The summed E-state index contributed by atoms with van der Waals surface area (Å²) in [7, 11) is 1.91. The van der Waals surface area contributed by atoms with Crippen molar-refractivity contribution in [3.8, 4) is 0 Å². The Labute approximate surface area is 109 Å². The van der Waals surface area contributed by atoms with Gasteiger partial charge in [-0.05, 0) is 31.5 Å². The van der Waals surface area contributed by atoms with Crippen LogP contribution >= 0.6 is 22.9 Å². The number of likely N-dealkylation sites (tertiary alicyclic amines) is 1. The van der Waals surface area contributed by atoms with E-state index in [1.165, 1.54) is 11.3 Å². The van der Waals surface area contributed by atoms with E-state index in [0.717, 1.165) is 30.9 Å². The second kappa shape index (κ2) is 5.75. The zero-order valence-electron chi connectivity index (χ0n) is 9.73. The molecular weight excluding hydrogens is 260 g/mol. The van der Waals surface area contributed by atoms with Crippen LogP contribution in [0.2, 0.25) is 4.47 Å². The Morgan fingerprint density at radius 1 is 1.47 bits per heavy atom. The number of carbonyl (C=O) groups excluding carboxylic acids is 1. The third kappa shape index (κ3) is 3.62. The van der Waals surface area contributed by atoms with Crippen molar-refractivity contribution in [2.45, 2.75) is 19.4 Å². The summed E-state index contributed by atoms with van der Waals surface area (Å²) in [4.78, 5) is 15.7. The minimum Gasteiger partial charge on any atom is -0.342 e. The van der Waals surface area contributed by atoms with Crippen molar-refractivity contribution >= 4 is 28.8 Å². The molecule has 2 rings (SSSR count). The van der Waals surface area contributed by atoms with Crippen molar-refractivity contribution in [2.24, 2.45) is 0 Å². The van der Waals surface area contributed by atoms with E-state index in [-0.39, 0.29) is 5.91 Å². The summed E-state index contributed by atoms with van der Waals surface area (Å²) in [5.41, 5.74) is 0. The summed E-state index contributed by atoms with van der Waals surface area (Å²) in [5.74, 6) is 0.195. The molecule has 7 heteroatoms. The van der Waals surface area contributed by atoms with Crippen LogP contribution in [-0.4, -0.2) is 52.6 Å². The average molecular weight is 275 g/mol. The van der Waals surface area contributed by atoms with Gasteiger partial charge < -0.3 is 4.90 Å². The third-order valence-corrected chi connectivity index (χ3v) is 3.71. The standard InChI is InChI=1S/C10H15ClN4OS/c1-14(6-8-12-13-10(11)17-8)7-9(16)15-4-2-3-5-15/h2-7H2,1H3. The molecule has 1 aliphatic rings. The first-order valence-corrected chi connectivity index (χ1v) is 6.79. The van der Waals surface area contributed by atoms with Crippen LogP contribution in [0.15, 0.2) is 0 Å². The number of rotatable bonds is 4. The van der Waals surface area contributed by atoms with Crippen molar-refractivity contribution < 1.29 is 4.79 Å². The van der Waals surface area contributed by atoms with Gasteiger partial charge in [-0.2, -0.15) is 0 Å². The Kier molecular flexibility index (Phi) is 4.31. The lowest BCUT2D eigenvalue weighted by atomic mass is 10.4. The van der Waals surface area contributed by atoms with Gasteiger partial charge >= 0.3 is 0 Å². The van der Waals surface area contributed by atoms with Gasteiger partial charge in [0.25, 0.3) is 0 Å². The van der Waals surface area contributed by atoms with Crippen LogP contribution < -0.4 is 0 Å². The number of hydrogen-bond donors (Lipinski definition) is 0. The minimum absolute atomic E-state index is 0.195. The Morgan fingerprint density at radius 3 is 2.76 bits per heavy atom. The van der Waals surface area contributed by atoms with Crippen LogP contribution in [0.4, 0.5) is 0 Å². The smallest absolute Gasteiger partial charge is 0.236 e. The second-order valence-electron chi connectivity index (χ2n) is 4.21. The summed E-state index contributed by atoms with van der Waals surface area (Å²) < 4.78 is 0.444. The topological polar surface area (TPSA) is 49.3 Å². The molecule has 1 saturated heterocycles. The molecule has 17 heavy (non-hydrogen) atoms. The molecule has 0 unspecified atom stereocenters. The molecule has 1 aromatic heterocycles. The maximum Gasteiger partial charge on any atom is 0.236 e. The van der Waals surface area contributed by atoms with Crippen molar-refractivity contribution in [1.82, 2.24) is 20.0 Å². The van der Waals surface area contributed by atoms with Crippen molar-refractivity contribution in [3.63, 3.8) is 0 Å². The van der Waals surface area contributed by atoms with Gasteiger partial charge in [0, 0.05) is 13.1 Å². The van der Waals surface area contributed by atoms with Crippen LogP contribution in [0.1, 0.15) is 17.8 Å². The van der Waals surface area contributed by atoms with Gasteiger partial charge in [0.05, 0.1) is 13.1 Å². The highest BCUT2D eigenvalue weighted by atomic mass is 35.5. The van der Waals surface area contributed by atoms with Gasteiger partial charge in [0.2, 0.25) is 10.4 Å². The zero-order chi connectivity index (χ0) is 12.3. The quantitative estimate of drug-likeness (QED) is 0.829. The predicted octanol–water partition coefficient (Wildman–Crippen LogP) is 1.25. The maximum absolute atomic E-state index is 11.9. The van der Waals surface area contributed by atoms with Gasteiger partial charge in [0.1, 0.15) is 5.01 Å². The summed E-state index contributed by atoms with van der Waals surface area (Å²) in [6.45, 7) is 2.84. The predicted molar refractivity (Wildman–Crippen MR) is 67.1 cm³/mol. The zero-order valence-corrected chi connectivity index (χ0v) is 11.3. The molecule has 94 valence electrons. The third-order valence-electron chi connectivity index (χ3n) is 2.71. The van der Waals surface area contributed by atoms with Crippen molar-refractivity contribution in [3.05, 3.63) is 9.47 Å². The highest BCUT2D eigenvalue weighted by molar-refractivity contribution is 7.15. The number of likely N-dealkylation sites (N-methyl/N-ethyl adjacent to an activating group) is 1. The summed E-state index contributed by atoms with van der Waals surface area (Å²) in [5, 5.41) is 8.51. The summed E-state index contributed by atoms with van der Waals surface area (Å²) in [6, 6.07) is 0. The van der Waals surface area contributed by atoms with E-state index in [1.54, 1.807) is 0 Å². The molecule has 0 bridgehead atoms. The maximum atomic E-state index is 11.9. The Hall–Kier alpha value is -0.720. The van der Waals surface area contributed by atoms with Crippen molar-refractivity contribution in [2.75, 3.05) is 26.7 Å². The van der Waals surface area contributed by atoms with E-state index >= 15 is 0 Å². The molecule has 1 aromatic rings.